The molecule has 1 heterocycles. The number of hydrogen-bond donors (Lipinski definition) is 0. The van der Waals surface area contributed by atoms with Gasteiger partial charge >= 0.3 is 0 Å². The van der Waals surface area contributed by atoms with Gasteiger partial charge in [-0.05, 0) is 134 Å². The maximum atomic E-state index is 5.43. The molecule has 7 aromatic rings. The molecule has 0 spiro atoms. The molecule has 7 rings (SSSR count). The zero-order chi connectivity index (χ0) is 42.6. The number of benzene rings is 6. The van der Waals surface area contributed by atoms with Crippen LogP contribution in [0.2, 0.25) is 0 Å². The number of aromatic nitrogens is 1. The highest BCUT2D eigenvalue weighted by Gasteiger charge is 2.16. The van der Waals surface area contributed by atoms with Gasteiger partial charge in [0.05, 0.1) is 12.3 Å². The Balaban J connectivity index is 1.36. The van der Waals surface area contributed by atoms with Crippen LogP contribution in [0.4, 0.5) is 0 Å². The average Bonchev–Trinajstić information content (AvgIpc) is 3.31. The maximum absolute atomic E-state index is 5.43. The third kappa shape index (κ3) is 9.41. The van der Waals surface area contributed by atoms with Crippen LogP contribution >= 0.6 is 0 Å². The Morgan fingerprint density at radius 1 is 0.656 bits per heavy atom. The summed E-state index contributed by atoms with van der Waals surface area (Å²) in [5.74, 6) is 0. The van der Waals surface area contributed by atoms with E-state index >= 15 is 0 Å². The van der Waals surface area contributed by atoms with E-state index in [4.69, 9.17) is 4.99 Å². The van der Waals surface area contributed by atoms with Crippen LogP contribution in [0.1, 0.15) is 49.9 Å². The summed E-state index contributed by atoms with van der Waals surface area (Å²) in [5, 5.41) is 4.77. The second kappa shape index (κ2) is 20.0. The third-order valence-corrected chi connectivity index (χ3v) is 11.0. The van der Waals surface area contributed by atoms with Crippen molar-refractivity contribution in [1.82, 2.24) is 4.98 Å². The van der Waals surface area contributed by atoms with Crippen molar-refractivity contribution >= 4 is 39.8 Å². The fourth-order valence-electron chi connectivity index (χ4n) is 8.16. The molecule has 0 aliphatic rings. The van der Waals surface area contributed by atoms with Gasteiger partial charge in [-0.25, -0.2) is 0 Å². The van der Waals surface area contributed by atoms with Crippen LogP contribution in [0.25, 0.3) is 67.5 Å². The van der Waals surface area contributed by atoms with E-state index in [9.17, 15) is 0 Å². The number of nitrogens with zero attached hydrogens (tertiary/aromatic N) is 2. The topological polar surface area (TPSA) is 25.2 Å². The SMILES string of the molecule is C=C/C=c1/c(-c2cccc(C\N=C(/C=C(C)/C(=C/C)c3ccccc3C(=C)/C=C\C=C/C)c3cccc(-c4cccnc4)c3)c2)c2ccccc2c(-c2ccccc2)/c1=C/C. The first-order valence-corrected chi connectivity index (χ1v) is 20.9. The molecular formula is C59H52N2. The number of rotatable bonds is 13. The zero-order valence-corrected chi connectivity index (χ0v) is 35.6. The van der Waals surface area contributed by atoms with Gasteiger partial charge in [-0.1, -0.05) is 183 Å². The molecule has 0 aliphatic carbocycles. The normalized spacial score (nSPS) is 13.1. The molecule has 0 N–H and O–H groups in total. The van der Waals surface area contributed by atoms with Crippen LogP contribution in [0.15, 0.2) is 218 Å². The fraction of sp³-hybridized carbons (Fsp3) is 0.0847. The summed E-state index contributed by atoms with van der Waals surface area (Å²) in [6.07, 6.45) is 22.6. The molecule has 2 nitrogen and oxygen atoms in total. The van der Waals surface area contributed by atoms with Crippen LogP contribution in [-0.2, 0) is 6.54 Å². The largest absolute Gasteiger partial charge is 0.280 e. The highest BCUT2D eigenvalue weighted by molar-refractivity contribution is 6.11. The lowest BCUT2D eigenvalue weighted by Gasteiger charge is -2.16. The van der Waals surface area contributed by atoms with Crippen molar-refractivity contribution in [2.75, 3.05) is 0 Å². The van der Waals surface area contributed by atoms with E-state index in [0.717, 1.165) is 66.6 Å². The lowest BCUT2D eigenvalue weighted by atomic mass is 9.87. The molecule has 0 bridgehead atoms. The van der Waals surface area contributed by atoms with Crippen molar-refractivity contribution < 1.29 is 0 Å². The number of hydrogen-bond acceptors (Lipinski definition) is 2. The summed E-state index contributed by atoms with van der Waals surface area (Å²) in [6, 6.07) is 49.5. The Bertz CT molecular complexity index is 2990. The number of aliphatic imine (C=N–C) groups is 1. The fourth-order valence-corrected chi connectivity index (χ4v) is 8.16. The van der Waals surface area contributed by atoms with Crippen molar-refractivity contribution in [3.8, 4) is 33.4 Å². The quantitative estimate of drug-likeness (QED) is 0.0844. The summed E-state index contributed by atoms with van der Waals surface area (Å²) in [4.78, 5) is 9.83. The van der Waals surface area contributed by atoms with E-state index < -0.39 is 0 Å². The lowest BCUT2D eigenvalue weighted by Crippen LogP contribution is -2.29. The van der Waals surface area contributed by atoms with E-state index in [1.165, 1.54) is 32.7 Å². The van der Waals surface area contributed by atoms with Crippen LogP contribution in [0, 0.1) is 0 Å². The van der Waals surface area contributed by atoms with E-state index in [-0.39, 0.29) is 0 Å². The second-order valence-corrected chi connectivity index (χ2v) is 14.9. The van der Waals surface area contributed by atoms with Gasteiger partial charge in [0.2, 0.25) is 0 Å². The molecule has 0 atom stereocenters. The van der Waals surface area contributed by atoms with E-state index in [2.05, 4.69) is 203 Å². The Kier molecular flexibility index (Phi) is 13.7. The molecular weight excluding hydrogens is 737 g/mol. The first-order chi connectivity index (χ1) is 29.9. The summed E-state index contributed by atoms with van der Waals surface area (Å²) in [5.41, 5.74) is 15.4. The van der Waals surface area contributed by atoms with Crippen molar-refractivity contribution in [1.29, 1.82) is 0 Å². The minimum Gasteiger partial charge on any atom is -0.280 e. The monoisotopic (exact) mass is 788 g/mol. The maximum Gasteiger partial charge on any atom is 0.0653 e. The molecule has 0 fully saturated rings. The molecule has 1 aromatic heterocycles. The van der Waals surface area contributed by atoms with Crippen molar-refractivity contribution in [2.24, 2.45) is 4.99 Å². The van der Waals surface area contributed by atoms with Crippen molar-refractivity contribution in [3.05, 3.63) is 246 Å². The molecule has 0 saturated carbocycles. The highest BCUT2D eigenvalue weighted by Crippen LogP contribution is 2.33. The van der Waals surface area contributed by atoms with Gasteiger partial charge in [-0.15, -0.1) is 0 Å². The summed E-state index contributed by atoms with van der Waals surface area (Å²) in [7, 11) is 0. The molecule has 0 amide bonds. The van der Waals surface area contributed by atoms with Gasteiger partial charge < -0.3 is 0 Å². The van der Waals surface area contributed by atoms with Gasteiger partial charge in [0.15, 0.2) is 0 Å². The average molecular weight is 789 g/mol. The summed E-state index contributed by atoms with van der Waals surface area (Å²) < 4.78 is 0. The number of allylic oxidation sites excluding steroid dienone is 10. The standard InChI is InChI=1S/C59H52N2/c1-7-11-13-24-42(5)52-32-16-17-33-53(52)50(9-3)43(6)37-57(47-29-21-28-46(39-47)49-31-22-36-60-41-49)61-40-44-25-20-30-48(38-44)59-54(23-8-2)51(10-4)58(45-26-14-12-15-27-45)55-34-18-19-35-56(55)59/h7-39,41H,2,5,40H2,1,3-4,6H3/b11-7-,24-13-,43-37+,50-9-,51-10+,54-23+,61-57+. The van der Waals surface area contributed by atoms with Crippen LogP contribution in [0.5, 0.6) is 0 Å². The second-order valence-electron chi connectivity index (χ2n) is 14.9. The molecule has 6 aromatic carbocycles. The molecule has 0 radical (unpaired) electrons. The Hall–Kier alpha value is -7.42. The zero-order valence-electron chi connectivity index (χ0n) is 35.6. The molecule has 0 unspecified atom stereocenters. The van der Waals surface area contributed by atoms with Crippen LogP contribution in [0.3, 0.4) is 0 Å². The van der Waals surface area contributed by atoms with Crippen LogP contribution < -0.4 is 10.4 Å². The molecule has 298 valence electrons. The van der Waals surface area contributed by atoms with Gasteiger partial charge in [0.1, 0.15) is 0 Å². The minimum absolute atomic E-state index is 0.492. The van der Waals surface area contributed by atoms with E-state index in [0.29, 0.717) is 6.54 Å². The summed E-state index contributed by atoms with van der Waals surface area (Å²) in [6.45, 7) is 17.5. The van der Waals surface area contributed by atoms with E-state index in [1.54, 1.807) is 0 Å². The van der Waals surface area contributed by atoms with Gasteiger partial charge in [-0.2, -0.15) is 0 Å². The molecule has 2 heteroatoms. The minimum atomic E-state index is 0.492. The first-order valence-electron chi connectivity index (χ1n) is 20.9. The molecule has 0 aliphatic heterocycles. The van der Waals surface area contributed by atoms with Crippen molar-refractivity contribution in [3.63, 3.8) is 0 Å². The number of fused-ring (bicyclic) bond motifs is 1. The van der Waals surface area contributed by atoms with Crippen LogP contribution in [-0.4, -0.2) is 10.7 Å². The van der Waals surface area contributed by atoms with Gasteiger partial charge in [0.25, 0.3) is 0 Å². The first kappa shape index (κ1) is 41.7. The van der Waals surface area contributed by atoms with E-state index in [1.807, 2.05) is 49.7 Å². The Labute approximate surface area is 361 Å². The lowest BCUT2D eigenvalue weighted by molar-refractivity contribution is 1.07. The predicted molar refractivity (Wildman–Crippen MR) is 266 cm³/mol. The Morgan fingerprint density at radius 3 is 2.03 bits per heavy atom. The molecule has 0 saturated heterocycles. The van der Waals surface area contributed by atoms with Gasteiger partial charge in [0, 0.05) is 23.5 Å². The smallest absolute Gasteiger partial charge is 0.0653 e. The highest BCUT2D eigenvalue weighted by atomic mass is 14.7. The van der Waals surface area contributed by atoms with Gasteiger partial charge in [-0.3, -0.25) is 9.98 Å². The van der Waals surface area contributed by atoms with Crippen molar-refractivity contribution in [2.45, 2.75) is 34.2 Å². The number of pyridine rings is 1. The third-order valence-electron chi connectivity index (χ3n) is 11.0. The molecule has 61 heavy (non-hydrogen) atoms. The Morgan fingerprint density at radius 2 is 1.33 bits per heavy atom. The summed E-state index contributed by atoms with van der Waals surface area (Å²) >= 11 is 0. The predicted octanol–water partition coefficient (Wildman–Crippen LogP) is 14.2.